The first-order chi connectivity index (χ1) is 9.26. The molecule has 19 heavy (non-hydrogen) atoms. The molecule has 0 bridgehead atoms. The lowest BCUT2D eigenvalue weighted by atomic mass is 10.1. The summed E-state index contributed by atoms with van der Waals surface area (Å²) in [5, 5.41) is 12.1. The summed E-state index contributed by atoms with van der Waals surface area (Å²) < 4.78 is 10.5. The van der Waals surface area contributed by atoms with Crippen LogP contribution in [0, 0.1) is 0 Å². The van der Waals surface area contributed by atoms with E-state index in [1.165, 1.54) is 4.80 Å². The number of benzene rings is 1. The van der Waals surface area contributed by atoms with Crippen LogP contribution in [0.5, 0.6) is 11.5 Å². The van der Waals surface area contributed by atoms with Crippen LogP contribution in [0.15, 0.2) is 18.2 Å². The molecule has 0 saturated heterocycles. The molecule has 102 valence electrons. The highest BCUT2D eigenvalue weighted by molar-refractivity contribution is 5.41. The van der Waals surface area contributed by atoms with Gasteiger partial charge < -0.3 is 15.2 Å². The van der Waals surface area contributed by atoms with Crippen LogP contribution in [0.25, 0.3) is 0 Å². The largest absolute Gasteiger partial charge is 0.497 e. The van der Waals surface area contributed by atoms with Crippen molar-refractivity contribution >= 4 is 0 Å². The molecule has 2 aromatic rings. The van der Waals surface area contributed by atoms with E-state index in [9.17, 15) is 0 Å². The van der Waals surface area contributed by atoms with Crippen LogP contribution in [0.3, 0.4) is 0 Å². The number of aromatic nitrogens is 4. The monoisotopic (exact) mass is 263 g/mol. The third-order valence-corrected chi connectivity index (χ3v) is 2.67. The van der Waals surface area contributed by atoms with Gasteiger partial charge in [0.1, 0.15) is 11.5 Å². The summed E-state index contributed by atoms with van der Waals surface area (Å²) >= 11 is 0. The number of nitrogens with two attached hydrogens (primary N) is 1. The van der Waals surface area contributed by atoms with E-state index in [0.717, 1.165) is 17.1 Å². The minimum absolute atomic E-state index is 0.488. The molecule has 0 radical (unpaired) electrons. The van der Waals surface area contributed by atoms with Gasteiger partial charge in [0.2, 0.25) is 0 Å². The third kappa shape index (κ3) is 3.19. The first kappa shape index (κ1) is 13.3. The molecule has 0 atom stereocenters. The number of hydrogen-bond donors (Lipinski definition) is 1. The minimum Gasteiger partial charge on any atom is -0.497 e. The van der Waals surface area contributed by atoms with Crippen molar-refractivity contribution in [1.29, 1.82) is 0 Å². The second-order valence-electron chi connectivity index (χ2n) is 3.94. The quantitative estimate of drug-likeness (QED) is 0.803. The van der Waals surface area contributed by atoms with Crippen LogP contribution in [0.1, 0.15) is 11.4 Å². The second-order valence-corrected chi connectivity index (χ2v) is 3.94. The predicted molar refractivity (Wildman–Crippen MR) is 69.2 cm³/mol. The average Bonchev–Trinajstić information content (AvgIpc) is 2.87. The molecule has 0 unspecified atom stereocenters. The van der Waals surface area contributed by atoms with Crippen molar-refractivity contribution < 1.29 is 9.47 Å². The summed E-state index contributed by atoms with van der Waals surface area (Å²) in [4.78, 5) is 1.49. The van der Waals surface area contributed by atoms with Gasteiger partial charge in [0.05, 0.1) is 20.8 Å². The fourth-order valence-corrected chi connectivity index (χ4v) is 1.73. The van der Waals surface area contributed by atoms with Crippen molar-refractivity contribution in [1.82, 2.24) is 20.2 Å². The molecule has 1 aromatic carbocycles. The molecule has 7 nitrogen and oxygen atoms in total. The van der Waals surface area contributed by atoms with Gasteiger partial charge >= 0.3 is 0 Å². The van der Waals surface area contributed by atoms with E-state index in [-0.39, 0.29) is 0 Å². The molecule has 7 heteroatoms. The van der Waals surface area contributed by atoms with Gasteiger partial charge in [-0.3, -0.25) is 0 Å². The van der Waals surface area contributed by atoms with Gasteiger partial charge in [0.15, 0.2) is 5.82 Å². The molecule has 2 rings (SSSR count). The molecule has 1 aromatic heterocycles. The van der Waals surface area contributed by atoms with Gasteiger partial charge in [0.25, 0.3) is 0 Å². The smallest absolute Gasteiger partial charge is 0.179 e. The highest BCUT2D eigenvalue weighted by Gasteiger charge is 2.09. The summed E-state index contributed by atoms with van der Waals surface area (Å²) in [6.07, 6.45) is 0.553. The Kier molecular flexibility index (Phi) is 4.30. The van der Waals surface area contributed by atoms with E-state index in [4.69, 9.17) is 15.2 Å². The fourth-order valence-electron chi connectivity index (χ4n) is 1.73. The highest BCUT2D eigenvalue weighted by Crippen LogP contribution is 2.25. The molecule has 0 fully saturated rings. The maximum absolute atomic E-state index is 5.44. The zero-order chi connectivity index (χ0) is 13.7. The Bertz CT molecular complexity index is 541. The first-order valence-corrected chi connectivity index (χ1v) is 5.94. The van der Waals surface area contributed by atoms with Gasteiger partial charge in [0, 0.05) is 24.6 Å². The molecule has 0 amide bonds. The fraction of sp³-hybridized carbons (Fsp3) is 0.417. The number of methoxy groups -OCH3 is 2. The van der Waals surface area contributed by atoms with E-state index < -0.39 is 0 Å². The van der Waals surface area contributed by atoms with Crippen LogP contribution < -0.4 is 15.2 Å². The van der Waals surface area contributed by atoms with Crippen molar-refractivity contribution in [2.75, 3.05) is 20.8 Å². The summed E-state index contributed by atoms with van der Waals surface area (Å²) in [7, 11) is 3.24. The maximum Gasteiger partial charge on any atom is 0.179 e. The van der Waals surface area contributed by atoms with Gasteiger partial charge in [-0.15, -0.1) is 10.2 Å². The Hall–Kier alpha value is -2.15. The van der Waals surface area contributed by atoms with E-state index in [0.29, 0.717) is 25.3 Å². The lowest BCUT2D eigenvalue weighted by molar-refractivity contribution is 0.391. The van der Waals surface area contributed by atoms with E-state index in [1.54, 1.807) is 14.2 Å². The van der Waals surface area contributed by atoms with Gasteiger partial charge in [-0.05, 0) is 11.3 Å². The zero-order valence-corrected chi connectivity index (χ0v) is 11.0. The molecule has 0 aliphatic carbocycles. The van der Waals surface area contributed by atoms with Gasteiger partial charge in [-0.25, -0.2) is 0 Å². The van der Waals surface area contributed by atoms with Crippen molar-refractivity contribution in [3.05, 3.63) is 29.6 Å². The van der Waals surface area contributed by atoms with Gasteiger partial charge in [-0.1, -0.05) is 6.07 Å². The molecule has 0 saturated carbocycles. The lowest BCUT2D eigenvalue weighted by Crippen LogP contribution is -2.12. The van der Waals surface area contributed by atoms with Crippen LogP contribution in [0.4, 0.5) is 0 Å². The number of nitrogens with zero attached hydrogens (tertiary/aromatic N) is 4. The predicted octanol–water partition coefficient (Wildman–Crippen LogP) is 0.240. The minimum atomic E-state index is 0.488. The average molecular weight is 263 g/mol. The molecule has 0 aliphatic rings. The number of hydrogen-bond acceptors (Lipinski definition) is 6. The number of ether oxygens (including phenoxy) is 2. The standard InChI is InChI=1S/C12H17N5O2/c1-18-10-4-3-9(11(8-10)19-2)7-12-14-16-17(15-12)6-5-13/h3-4,8H,5-7,13H2,1-2H3. The Morgan fingerprint density at radius 3 is 2.79 bits per heavy atom. The molecule has 0 aliphatic heterocycles. The van der Waals surface area contributed by atoms with E-state index >= 15 is 0 Å². The van der Waals surface area contributed by atoms with Crippen molar-refractivity contribution in [2.45, 2.75) is 13.0 Å². The molecular formula is C12H17N5O2. The van der Waals surface area contributed by atoms with Crippen LogP contribution in [-0.2, 0) is 13.0 Å². The van der Waals surface area contributed by atoms with Crippen LogP contribution in [-0.4, -0.2) is 41.0 Å². The molecule has 2 N–H and O–H groups in total. The zero-order valence-electron chi connectivity index (χ0n) is 11.0. The molecule has 0 spiro atoms. The highest BCUT2D eigenvalue weighted by atomic mass is 16.5. The summed E-state index contributed by atoms with van der Waals surface area (Å²) in [6.45, 7) is 1.05. The molecular weight excluding hydrogens is 246 g/mol. The summed E-state index contributed by atoms with van der Waals surface area (Å²) in [6, 6.07) is 5.64. The summed E-state index contributed by atoms with van der Waals surface area (Å²) in [5.74, 6) is 2.13. The lowest BCUT2D eigenvalue weighted by Gasteiger charge is -2.08. The normalized spacial score (nSPS) is 10.5. The summed E-state index contributed by atoms with van der Waals surface area (Å²) in [5.41, 5.74) is 6.42. The van der Waals surface area contributed by atoms with Crippen molar-refractivity contribution in [3.8, 4) is 11.5 Å². The Morgan fingerprint density at radius 2 is 2.11 bits per heavy atom. The molecule has 1 heterocycles. The van der Waals surface area contributed by atoms with Crippen molar-refractivity contribution in [2.24, 2.45) is 5.73 Å². The van der Waals surface area contributed by atoms with Crippen LogP contribution >= 0.6 is 0 Å². The van der Waals surface area contributed by atoms with Crippen molar-refractivity contribution in [3.63, 3.8) is 0 Å². The van der Waals surface area contributed by atoms with E-state index in [1.807, 2.05) is 18.2 Å². The van der Waals surface area contributed by atoms with Gasteiger partial charge in [-0.2, -0.15) is 4.80 Å². The SMILES string of the molecule is COc1ccc(Cc2nnn(CCN)n2)c(OC)c1. The maximum atomic E-state index is 5.44. The van der Waals surface area contributed by atoms with Crippen LogP contribution in [0.2, 0.25) is 0 Å². The Morgan fingerprint density at radius 1 is 1.26 bits per heavy atom. The number of rotatable bonds is 6. The first-order valence-electron chi connectivity index (χ1n) is 5.94. The van der Waals surface area contributed by atoms with E-state index in [2.05, 4.69) is 15.4 Å². The topological polar surface area (TPSA) is 88.1 Å². The third-order valence-electron chi connectivity index (χ3n) is 2.67. The number of tetrazole rings is 1. The Labute approximate surface area is 111 Å². The Balaban J connectivity index is 2.17. The second kappa shape index (κ2) is 6.14.